The molecule has 0 unspecified atom stereocenters. The van der Waals surface area contributed by atoms with Gasteiger partial charge in [0.05, 0.1) is 11.3 Å². The minimum absolute atomic E-state index is 0.0762. The van der Waals surface area contributed by atoms with Crippen LogP contribution in [0, 0.1) is 22.7 Å². The zero-order valence-electron chi connectivity index (χ0n) is 12.1. The Labute approximate surface area is 142 Å². The van der Waals surface area contributed by atoms with Crippen LogP contribution in [0.15, 0.2) is 48.2 Å². The van der Waals surface area contributed by atoms with E-state index in [1.165, 1.54) is 6.20 Å². The highest BCUT2D eigenvalue weighted by Crippen LogP contribution is 2.37. The van der Waals surface area contributed by atoms with E-state index in [-0.39, 0.29) is 11.5 Å². The van der Waals surface area contributed by atoms with Gasteiger partial charge in [-0.15, -0.1) is 0 Å². The molecule has 0 aliphatic carbocycles. The molecule has 0 atom stereocenters. The van der Waals surface area contributed by atoms with Crippen LogP contribution in [0.3, 0.4) is 0 Å². The Bertz CT molecular complexity index is 938. The van der Waals surface area contributed by atoms with Crippen LogP contribution in [0.4, 0.5) is 11.4 Å². The van der Waals surface area contributed by atoms with Gasteiger partial charge in [0.15, 0.2) is 5.75 Å². The summed E-state index contributed by atoms with van der Waals surface area (Å²) in [6.45, 7) is 0. The molecule has 1 heterocycles. The number of fused-ring (bicyclic) bond motifs is 2. The topological polar surface area (TPSA) is 97.9 Å². The van der Waals surface area contributed by atoms with Crippen LogP contribution in [-0.4, -0.2) is 5.91 Å². The zero-order chi connectivity index (χ0) is 17.1. The summed E-state index contributed by atoms with van der Waals surface area (Å²) < 4.78 is 5.76. The molecule has 116 valence electrons. The molecule has 24 heavy (non-hydrogen) atoms. The highest BCUT2D eigenvalue weighted by atomic mass is 35.5. The molecule has 0 saturated heterocycles. The molecule has 6 nitrogen and oxygen atoms in total. The van der Waals surface area contributed by atoms with Crippen molar-refractivity contribution in [3.63, 3.8) is 0 Å². The number of benzene rings is 2. The average molecular weight is 337 g/mol. The number of amides is 1. The maximum atomic E-state index is 12.4. The van der Waals surface area contributed by atoms with Gasteiger partial charge in [0.2, 0.25) is 0 Å². The molecular formula is C17H9ClN4O2. The van der Waals surface area contributed by atoms with Crippen LogP contribution in [0.2, 0.25) is 5.02 Å². The van der Waals surface area contributed by atoms with Crippen molar-refractivity contribution in [3.05, 3.63) is 58.8 Å². The third-order valence-electron chi connectivity index (χ3n) is 3.26. The van der Waals surface area contributed by atoms with E-state index >= 15 is 0 Å². The van der Waals surface area contributed by atoms with Crippen molar-refractivity contribution in [1.82, 2.24) is 0 Å². The Morgan fingerprint density at radius 1 is 1.17 bits per heavy atom. The predicted octanol–water partition coefficient (Wildman–Crippen LogP) is 4.04. The molecule has 0 fully saturated rings. The number of carbonyl (C=O) groups is 1. The molecule has 1 aliphatic rings. The lowest BCUT2D eigenvalue weighted by Crippen LogP contribution is -2.10. The predicted molar refractivity (Wildman–Crippen MR) is 88.9 cm³/mol. The summed E-state index contributed by atoms with van der Waals surface area (Å²) in [7, 11) is 0. The van der Waals surface area contributed by atoms with E-state index < -0.39 is 0 Å². The summed E-state index contributed by atoms with van der Waals surface area (Å²) in [6, 6.07) is 13.3. The lowest BCUT2D eigenvalue weighted by molar-refractivity contribution is 0.102. The Morgan fingerprint density at radius 3 is 2.67 bits per heavy atom. The van der Waals surface area contributed by atoms with Gasteiger partial charge in [0.1, 0.15) is 23.5 Å². The first-order valence-electron chi connectivity index (χ1n) is 6.80. The van der Waals surface area contributed by atoms with Crippen LogP contribution in [0.25, 0.3) is 0 Å². The van der Waals surface area contributed by atoms with E-state index in [9.17, 15) is 4.79 Å². The molecule has 0 aromatic heterocycles. The third kappa shape index (κ3) is 3.00. The number of anilines is 2. The monoisotopic (exact) mass is 336 g/mol. The molecule has 1 amide bonds. The van der Waals surface area contributed by atoms with Crippen LogP contribution >= 0.6 is 11.6 Å². The number of rotatable bonds is 2. The number of hydrogen-bond donors (Lipinski definition) is 2. The summed E-state index contributed by atoms with van der Waals surface area (Å²) in [6.07, 6.45) is 1.27. The zero-order valence-corrected chi connectivity index (χ0v) is 12.9. The molecule has 3 rings (SSSR count). The number of halogens is 1. The van der Waals surface area contributed by atoms with E-state index in [1.54, 1.807) is 48.5 Å². The maximum Gasteiger partial charge on any atom is 0.259 e. The Hall–Kier alpha value is -3.48. The smallest absolute Gasteiger partial charge is 0.259 e. The number of nitrogens with one attached hydrogen (secondary N) is 2. The van der Waals surface area contributed by atoms with E-state index in [2.05, 4.69) is 10.6 Å². The third-order valence-corrected chi connectivity index (χ3v) is 3.49. The van der Waals surface area contributed by atoms with Crippen molar-refractivity contribution in [2.24, 2.45) is 0 Å². The summed E-state index contributed by atoms with van der Waals surface area (Å²) in [4.78, 5) is 12.4. The summed E-state index contributed by atoms with van der Waals surface area (Å²) >= 11 is 5.94. The molecule has 0 saturated carbocycles. The summed E-state index contributed by atoms with van der Waals surface area (Å²) in [5, 5.41) is 23.5. The van der Waals surface area contributed by atoms with Crippen molar-refractivity contribution in [2.45, 2.75) is 0 Å². The van der Waals surface area contributed by atoms with Crippen molar-refractivity contribution >= 4 is 28.9 Å². The van der Waals surface area contributed by atoms with Gasteiger partial charge in [0, 0.05) is 16.9 Å². The van der Waals surface area contributed by atoms with Gasteiger partial charge in [-0.3, -0.25) is 4.79 Å². The van der Waals surface area contributed by atoms with Gasteiger partial charge < -0.3 is 15.4 Å². The van der Waals surface area contributed by atoms with Crippen molar-refractivity contribution < 1.29 is 9.53 Å². The van der Waals surface area contributed by atoms with E-state index in [0.29, 0.717) is 33.5 Å². The Balaban J connectivity index is 1.95. The molecule has 0 spiro atoms. The number of carbonyl (C=O) groups excluding carboxylic acids is 1. The number of nitriles is 2. The second-order valence-electron chi connectivity index (χ2n) is 4.83. The maximum absolute atomic E-state index is 12.4. The molecule has 1 aliphatic heterocycles. The summed E-state index contributed by atoms with van der Waals surface area (Å²) in [5.74, 6) is 0.534. The second-order valence-corrected chi connectivity index (χ2v) is 5.27. The van der Waals surface area contributed by atoms with Crippen LogP contribution in [0.5, 0.6) is 11.5 Å². The van der Waals surface area contributed by atoms with Gasteiger partial charge in [-0.25, -0.2) is 0 Å². The molecule has 2 aromatic carbocycles. The van der Waals surface area contributed by atoms with Gasteiger partial charge in [-0.1, -0.05) is 11.6 Å². The van der Waals surface area contributed by atoms with Gasteiger partial charge in [-0.05, 0) is 36.4 Å². The number of nitrogens with zero attached hydrogens (tertiary/aromatic N) is 2. The first-order valence-corrected chi connectivity index (χ1v) is 7.18. The quantitative estimate of drug-likeness (QED) is 0.806. The standard InChI is InChI=1S/C17H9ClN4O2/c18-11-1-3-16-14(5-11)22-17(23)13-6-12(2-4-15(13)24-16)21-9-10(7-19)8-20/h1-6,9,21H,(H,22,23). The summed E-state index contributed by atoms with van der Waals surface area (Å²) in [5.41, 5.74) is 1.26. The van der Waals surface area contributed by atoms with Crippen LogP contribution < -0.4 is 15.4 Å². The number of ether oxygens (including phenoxy) is 1. The minimum Gasteiger partial charge on any atom is -0.454 e. The fourth-order valence-corrected chi connectivity index (χ4v) is 2.30. The second kappa shape index (κ2) is 6.33. The first kappa shape index (κ1) is 15.4. The average Bonchev–Trinajstić information content (AvgIpc) is 2.71. The Kier molecular flexibility index (Phi) is 4.07. The molecule has 0 bridgehead atoms. The lowest BCUT2D eigenvalue weighted by Gasteiger charge is -2.08. The van der Waals surface area contributed by atoms with E-state index in [0.717, 1.165) is 0 Å². The fourth-order valence-electron chi connectivity index (χ4n) is 2.13. The van der Waals surface area contributed by atoms with Gasteiger partial charge >= 0.3 is 0 Å². The number of allylic oxidation sites excluding steroid dienone is 1. The molecule has 7 heteroatoms. The molecule has 0 radical (unpaired) electrons. The van der Waals surface area contributed by atoms with E-state index in [4.69, 9.17) is 26.9 Å². The molecule has 2 N–H and O–H groups in total. The van der Waals surface area contributed by atoms with Gasteiger partial charge in [0.25, 0.3) is 5.91 Å². The highest BCUT2D eigenvalue weighted by Gasteiger charge is 2.21. The molecule has 2 aromatic rings. The van der Waals surface area contributed by atoms with Crippen LogP contribution in [-0.2, 0) is 0 Å². The van der Waals surface area contributed by atoms with Crippen molar-refractivity contribution in [3.8, 4) is 23.6 Å². The number of hydrogen-bond acceptors (Lipinski definition) is 5. The van der Waals surface area contributed by atoms with Crippen molar-refractivity contribution in [2.75, 3.05) is 10.6 Å². The Morgan fingerprint density at radius 2 is 1.92 bits per heavy atom. The largest absolute Gasteiger partial charge is 0.454 e. The van der Waals surface area contributed by atoms with Gasteiger partial charge in [-0.2, -0.15) is 10.5 Å². The first-order chi connectivity index (χ1) is 11.6. The fraction of sp³-hybridized carbons (Fsp3) is 0. The SMILES string of the molecule is N#CC(C#N)=CNc1ccc2c(c1)C(=O)Nc1cc(Cl)ccc1O2. The van der Waals surface area contributed by atoms with E-state index in [1.807, 2.05) is 0 Å². The lowest BCUT2D eigenvalue weighted by atomic mass is 10.1. The minimum atomic E-state index is -0.348. The highest BCUT2D eigenvalue weighted by molar-refractivity contribution is 6.31. The van der Waals surface area contributed by atoms with Crippen LogP contribution in [0.1, 0.15) is 10.4 Å². The molecular weight excluding hydrogens is 328 g/mol. The normalized spacial score (nSPS) is 11.4. The van der Waals surface area contributed by atoms with Crippen molar-refractivity contribution in [1.29, 1.82) is 10.5 Å².